The van der Waals surface area contributed by atoms with Gasteiger partial charge in [0.2, 0.25) is 0 Å². The van der Waals surface area contributed by atoms with Gasteiger partial charge in [-0.25, -0.2) is 0 Å². The van der Waals surface area contributed by atoms with Gasteiger partial charge in [-0.2, -0.15) is 0 Å². The molecule has 0 radical (unpaired) electrons. The summed E-state index contributed by atoms with van der Waals surface area (Å²) >= 11 is 6.08. The Kier molecular flexibility index (Phi) is 5.62. The summed E-state index contributed by atoms with van der Waals surface area (Å²) in [5.41, 5.74) is 2.16. The van der Waals surface area contributed by atoms with E-state index in [0.29, 0.717) is 29.5 Å². The Morgan fingerprint density at radius 3 is 2.48 bits per heavy atom. The lowest BCUT2D eigenvalue weighted by atomic mass is 10.1. The monoisotopic (exact) mass is 388 g/mol. The molecule has 1 heterocycles. The van der Waals surface area contributed by atoms with Crippen LogP contribution in [0.5, 0.6) is 0 Å². The largest absolute Gasteiger partial charge is 0.363 e. The van der Waals surface area contributed by atoms with Crippen LogP contribution in [0.2, 0.25) is 5.02 Å². The minimum Gasteiger partial charge on any atom is -0.363 e. The van der Waals surface area contributed by atoms with Crippen molar-refractivity contribution in [1.82, 2.24) is 4.90 Å². The molecule has 0 aromatic heterocycles. The number of hydrogen-bond donors (Lipinski definition) is 1. The Bertz CT molecular complexity index is 879. The van der Waals surface area contributed by atoms with Gasteiger partial charge in [-0.1, -0.05) is 17.7 Å². The fourth-order valence-electron chi connectivity index (χ4n) is 3.00. The first-order valence-corrected chi connectivity index (χ1v) is 9.02. The molecule has 1 fully saturated rings. The molecular weight excluding hydrogens is 368 g/mol. The van der Waals surface area contributed by atoms with Crippen molar-refractivity contribution in [1.29, 1.82) is 0 Å². The van der Waals surface area contributed by atoms with E-state index in [2.05, 4.69) is 10.2 Å². The average Bonchev–Trinajstić information content (AvgIpc) is 2.65. The van der Waals surface area contributed by atoms with Gasteiger partial charge < -0.3 is 15.1 Å². The van der Waals surface area contributed by atoms with Crippen LogP contribution in [-0.4, -0.2) is 49.0 Å². The zero-order valence-electron chi connectivity index (χ0n) is 15.2. The van der Waals surface area contributed by atoms with Crippen LogP contribution < -0.4 is 10.2 Å². The Balaban J connectivity index is 1.83. The summed E-state index contributed by atoms with van der Waals surface area (Å²) in [5.74, 6) is -0.414. The van der Waals surface area contributed by atoms with E-state index in [1.165, 1.54) is 6.07 Å². The lowest BCUT2D eigenvalue weighted by molar-refractivity contribution is -0.384. The van der Waals surface area contributed by atoms with Crippen LogP contribution in [0, 0.1) is 17.0 Å². The first kappa shape index (κ1) is 19.1. The third-order valence-corrected chi connectivity index (χ3v) is 5.12. The number of nitro groups is 1. The van der Waals surface area contributed by atoms with Crippen LogP contribution in [0.4, 0.5) is 17.1 Å². The molecule has 0 atom stereocenters. The van der Waals surface area contributed by atoms with Crippen LogP contribution in [-0.2, 0) is 0 Å². The number of benzene rings is 2. The van der Waals surface area contributed by atoms with Crippen LogP contribution in [0.25, 0.3) is 0 Å². The first-order valence-electron chi connectivity index (χ1n) is 8.64. The molecule has 1 aliphatic rings. The average molecular weight is 389 g/mol. The number of nitrogens with zero attached hydrogens (tertiary/aromatic N) is 3. The molecule has 0 bridgehead atoms. The maximum atomic E-state index is 12.5. The number of nitro benzene ring substituents is 1. The van der Waals surface area contributed by atoms with Crippen molar-refractivity contribution in [3.05, 3.63) is 62.7 Å². The van der Waals surface area contributed by atoms with E-state index in [-0.39, 0.29) is 11.3 Å². The van der Waals surface area contributed by atoms with Gasteiger partial charge in [-0.3, -0.25) is 14.9 Å². The zero-order chi connectivity index (χ0) is 19.6. The van der Waals surface area contributed by atoms with Gasteiger partial charge in [0.1, 0.15) is 5.69 Å². The highest BCUT2D eigenvalue weighted by Crippen LogP contribution is 2.30. The van der Waals surface area contributed by atoms with Crippen LogP contribution >= 0.6 is 11.6 Å². The molecule has 1 aliphatic heterocycles. The highest BCUT2D eigenvalue weighted by atomic mass is 35.5. The quantitative estimate of drug-likeness (QED) is 0.640. The van der Waals surface area contributed by atoms with E-state index in [0.717, 1.165) is 18.7 Å². The van der Waals surface area contributed by atoms with Crippen LogP contribution in [0.15, 0.2) is 36.4 Å². The van der Waals surface area contributed by atoms with Crippen LogP contribution in [0.3, 0.4) is 0 Å². The normalized spacial score (nSPS) is 14.9. The highest BCUT2D eigenvalue weighted by Gasteiger charge is 2.24. The van der Waals surface area contributed by atoms with Crippen molar-refractivity contribution >= 4 is 34.6 Å². The number of amides is 1. The molecule has 7 nitrogen and oxygen atoms in total. The number of nitrogens with one attached hydrogen (secondary N) is 1. The maximum absolute atomic E-state index is 12.5. The summed E-state index contributed by atoms with van der Waals surface area (Å²) in [6.45, 7) is 4.98. The van der Waals surface area contributed by atoms with Gasteiger partial charge in [0.25, 0.3) is 11.6 Å². The second kappa shape index (κ2) is 7.94. The van der Waals surface area contributed by atoms with Gasteiger partial charge >= 0.3 is 0 Å². The molecule has 0 unspecified atom stereocenters. The Morgan fingerprint density at radius 2 is 1.85 bits per heavy atom. The third-order valence-electron chi connectivity index (χ3n) is 4.71. The number of anilines is 2. The summed E-state index contributed by atoms with van der Waals surface area (Å²) in [4.78, 5) is 27.8. The number of carbonyl (C=O) groups excluding carboxylic acids is 1. The second-order valence-electron chi connectivity index (χ2n) is 6.67. The second-order valence-corrected chi connectivity index (χ2v) is 7.08. The van der Waals surface area contributed by atoms with E-state index in [4.69, 9.17) is 11.6 Å². The van der Waals surface area contributed by atoms with Gasteiger partial charge in [-0.05, 0) is 43.8 Å². The number of aryl methyl sites for hydroxylation is 1. The minimum absolute atomic E-state index is 0.0610. The van der Waals surface area contributed by atoms with Crippen LogP contribution in [0.1, 0.15) is 15.9 Å². The van der Waals surface area contributed by atoms with Crippen molar-refractivity contribution < 1.29 is 9.72 Å². The minimum atomic E-state index is -0.437. The van der Waals surface area contributed by atoms with Crippen molar-refractivity contribution in [2.75, 3.05) is 43.4 Å². The molecule has 3 rings (SSSR count). The molecule has 0 spiro atoms. The Morgan fingerprint density at radius 1 is 1.15 bits per heavy atom. The van der Waals surface area contributed by atoms with E-state index < -0.39 is 10.8 Å². The molecule has 1 saturated heterocycles. The first-order chi connectivity index (χ1) is 12.8. The van der Waals surface area contributed by atoms with E-state index in [9.17, 15) is 14.9 Å². The fraction of sp³-hybridized carbons (Fsp3) is 0.316. The lowest BCUT2D eigenvalue weighted by Gasteiger charge is -2.33. The topological polar surface area (TPSA) is 78.7 Å². The number of halogens is 1. The standard InChI is InChI=1S/C19H21ClN4O3/c1-13-3-5-15(12-16(13)20)21-19(25)14-4-6-17(18(11-14)24(26)27)23-9-7-22(2)8-10-23/h3-6,11-12H,7-10H2,1-2H3,(H,21,25). The maximum Gasteiger partial charge on any atom is 0.293 e. The molecule has 0 aliphatic carbocycles. The molecule has 1 amide bonds. The predicted molar refractivity (Wildman–Crippen MR) is 107 cm³/mol. The summed E-state index contributed by atoms with van der Waals surface area (Å²) in [5, 5.41) is 14.8. The number of carbonyl (C=O) groups is 1. The van der Waals surface area contributed by atoms with Gasteiger partial charge in [0.15, 0.2) is 0 Å². The highest BCUT2D eigenvalue weighted by molar-refractivity contribution is 6.31. The predicted octanol–water partition coefficient (Wildman–Crippen LogP) is 3.56. The lowest BCUT2D eigenvalue weighted by Crippen LogP contribution is -2.44. The molecule has 2 aromatic carbocycles. The third kappa shape index (κ3) is 4.37. The molecule has 0 saturated carbocycles. The summed E-state index contributed by atoms with van der Waals surface area (Å²) < 4.78 is 0. The Hall–Kier alpha value is -2.64. The molecule has 1 N–H and O–H groups in total. The molecular formula is C19H21ClN4O3. The van der Waals surface area contributed by atoms with Gasteiger partial charge in [-0.15, -0.1) is 0 Å². The van der Waals surface area contributed by atoms with Gasteiger partial charge in [0.05, 0.1) is 4.92 Å². The summed E-state index contributed by atoms with van der Waals surface area (Å²) in [6.07, 6.45) is 0. The van der Waals surface area contributed by atoms with Crippen molar-refractivity contribution in [3.8, 4) is 0 Å². The van der Waals surface area contributed by atoms with Gasteiger partial charge in [0, 0.05) is 48.5 Å². The number of hydrogen-bond acceptors (Lipinski definition) is 5. The summed E-state index contributed by atoms with van der Waals surface area (Å²) in [6, 6.07) is 9.80. The smallest absolute Gasteiger partial charge is 0.293 e. The molecule has 8 heteroatoms. The molecule has 2 aromatic rings. The SMILES string of the molecule is Cc1ccc(NC(=O)c2ccc(N3CCN(C)CC3)c([N+](=O)[O-])c2)cc1Cl. The van der Waals surface area contributed by atoms with E-state index in [1.807, 2.05) is 18.9 Å². The Labute approximate surface area is 162 Å². The summed E-state index contributed by atoms with van der Waals surface area (Å²) in [7, 11) is 2.02. The number of likely N-dealkylation sites (N-methyl/N-ethyl adjacent to an activating group) is 1. The zero-order valence-corrected chi connectivity index (χ0v) is 16.0. The van der Waals surface area contributed by atoms with E-state index >= 15 is 0 Å². The number of piperazine rings is 1. The van der Waals surface area contributed by atoms with Crippen molar-refractivity contribution in [2.24, 2.45) is 0 Å². The fourth-order valence-corrected chi connectivity index (χ4v) is 3.18. The van der Waals surface area contributed by atoms with Crippen molar-refractivity contribution in [3.63, 3.8) is 0 Å². The van der Waals surface area contributed by atoms with Crippen molar-refractivity contribution in [2.45, 2.75) is 6.92 Å². The molecule has 27 heavy (non-hydrogen) atoms. The van der Waals surface area contributed by atoms with E-state index in [1.54, 1.807) is 30.3 Å². The molecule has 142 valence electrons. The number of rotatable bonds is 4.